The fourth-order valence-electron chi connectivity index (χ4n) is 2.34. The van der Waals surface area contributed by atoms with Gasteiger partial charge >= 0.3 is 11.8 Å². The van der Waals surface area contributed by atoms with Crippen molar-refractivity contribution in [3.8, 4) is 0 Å². The summed E-state index contributed by atoms with van der Waals surface area (Å²) in [6, 6.07) is 0. The molecular formula is C11H19N3O2. The van der Waals surface area contributed by atoms with Crippen LogP contribution in [0.2, 0.25) is 0 Å². The van der Waals surface area contributed by atoms with Crippen LogP contribution in [0.4, 0.5) is 0 Å². The van der Waals surface area contributed by atoms with Crippen LogP contribution in [0, 0.1) is 5.92 Å². The van der Waals surface area contributed by atoms with Crippen LogP contribution in [-0.4, -0.2) is 61.4 Å². The summed E-state index contributed by atoms with van der Waals surface area (Å²) >= 11 is 0. The van der Waals surface area contributed by atoms with E-state index in [2.05, 4.69) is 5.32 Å². The zero-order valence-corrected chi connectivity index (χ0v) is 9.74. The van der Waals surface area contributed by atoms with Crippen LogP contribution in [0.1, 0.15) is 12.8 Å². The molecule has 0 radical (unpaired) electrons. The summed E-state index contributed by atoms with van der Waals surface area (Å²) in [6.45, 7) is 4.10. The van der Waals surface area contributed by atoms with Gasteiger partial charge in [0.1, 0.15) is 0 Å². The third-order valence-corrected chi connectivity index (χ3v) is 3.40. The molecule has 0 aromatic carbocycles. The van der Waals surface area contributed by atoms with Crippen molar-refractivity contribution in [2.45, 2.75) is 12.8 Å². The van der Waals surface area contributed by atoms with E-state index in [-0.39, 0.29) is 11.8 Å². The number of carbonyl (C=O) groups is 2. The smallest absolute Gasteiger partial charge is 0.312 e. The normalized spacial score (nSPS) is 27.4. The maximum absolute atomic E-state index is 11.7. The topological polar surface area (TPSA) is 52.6 Å². The molecule has 2 aliphatic heterocycles. The number of nitrogens with zero attached hydrogens (tertiary/aromatic N) is 2. The number of piperazine rings is 1. The highest BCUT2D eigenvalue weighted by molar-refractivity contribution is 6.35. The fourth-order valence-corrected chi connectivity index (χ4v) is 2.34. The molecule has 0 aromatic rings. The SMILES string of the molecule is CN1CCN(CC2CCCNC2)C(=O)C1=O. The highest BCUT2D eigenvalue weighted by Gasteiger charge is 2.31. The quantitative estimate of drug-likeness (QED) is 0.631. The largest absolute Gasteiger partial charge is 0.336 e. The van der Waals surface area contributed by atoms with Gasteiger partial charge in [-0.2, -0.15) is 0 Å². The molecule has 16 heavy (non-hydrogen) atoms. The van der Waals surface area contributed by atoms with E-state index in [4.69, 9.17) is 0 Å². The number of piperidine rings is 1. The highest BCUT2D eigenvalue weighted by atomic mass is 16.2. The highest BCUT2D eigenvalue weighted by Crippen LogP contribution is 2.13. The summed E-state index contributed by atoms with van der Waals surface area (Å²) in [4.78, 5) is 26.4. The Morgan fingerprint density at radius 1 is 1.31 bits per heavy atom. The Morgan fingerprint density at radius 3 is 2.81 bits per heavy atom. The van der Waals surface area contributed by atoms with E-state index < -0.39 is 0 Å². The van der Waals surface area contributed by atoms with Gasteiger partial charge < -0.3 is 15.1 Å². The molecule has 2 saturated heterocycles. The first-order valence-corrected chi connectivity index (χ1v) is 5.93. The zero-order valence-electron chi connectivity index (χ0n) is 9.74. The Balaban J connectivity index is 1.89. The van der Waals surface area contributed by atoms with Crippen LogP contribution < -0.4 is 5.32 Å². The molecule has 5 nitrogen and oxygen atoms in total. The average Bonchev–Trinajstić information content (AvgIpc) is 2.31. The standard InChI is InChI=1S/C11H19N3O2/c1-13-5-6-14(11(16)10(13)15)8-9-3-2-4-12-7-9/h9,12H,2-8H2,1H3. The summed E-state index contributed by atoms with van der Waals surface area (Å²) in [5.41, 5.74) is 0. The van der Waals surface area contributed by atoms with Crippen LogP contribution >= 0.6 is 0 Å². The summed E-state index contributed by atoms with van der Waals surface area (Å²) in [7, 11) is 1.68. The number of nitrogens with one attached hydrogen (secondary N) is 1. The molecule has 0 bridgehead atoms. The van der Waals surface area contributed by atoms with Crippen molar-refractivity contribution < 1.29 is 9.59 Å². The summed E-state index contributed by atoms with van der Waals surface area (Å²) < 4.78 is 0. The van der Waals surface area contributed by atoms with Gasteiger partial charge in [0.2, 0.25) is 0 Å². The molecule has 0 aliphatic carbocycles. The van der Waals surface area contributed by atoms with Crippen LogP contribution in [-0.2, 0) is 9.59 Å². The van der Waals surface area contributed by atoms with Crippen molar-refractivity contribution in [1.29, 1.82) is 0 Å². The molecule has 0 aromatic heterocycles. The average molecular weight is 225 g/mol. The predicted molar refractivity (Wildman–Crippen MR) is 59.8 cm³/mol. The maximum Gasteiger partial charge on any atom is 0.312 e. The van der Waals surface area contributed by atoms with Gasteiger partial charge in [-0.15, -0.1) is 0 Å². The van der Waals surface area contributed by atoms with Crippen molar-refractivity contribution in [3.05, 3.63) is 0 Å². The Morgan fingerprint density at radius 2 is 2.12 bits per heavy atom. The van der Waals surface area contributed by atoms with Crippen LogP contribution in [0.25, 0.3) is 0 Å². The molecule has 2 fully saturated rings. The molecule has 90 valence electrons. The van der Waals surface area contributed by atoms with Crippen molar-refractivity contribution in [3.63, 3.8) is 0 Å². The molecule has 1 N–H and O–H groups in total. The van der Waals surface area contributed by atoms with Crippen LogP contribution in [0.15, 0.2) is 0 Å². The first-order chi connectivity index (χ1) is 7.68. The minimum absolute atomic E-state index is 0.334. The van der Waals surface area contributed by atoms with Gasteiger partial charge in [0, 0.05) is 26.7 Å². The third-order valence-electron chi connectivity index (χ3n) is 3.40. The second-order valence-electron chi connectivity index (χ2n) is 4.69. The van der Waals surface area contributed by atoms with E-state index in [9.17, 15) is 9.59 Å². The molecule has 0 saturated carbocycles. The number of rotatable bonds is 2. The Hall–Kier alpha value is -1.10. The van der Waals surface area contributed by atoms with Gasteiger partial charge in [0.05, 0.1) is 0 Å². The summed E-state index contributed by atoms with van der Waals surface area (Å²) in [6.07, 6.45) is 2.32. The van der Waals surface area contributed by atoms with Crippen LogP contribution in [0.3, 0.4) is 0 Å². The minimum atomic E-state index is -0.366. The Labute approximate surface area is 95.8 Å². The fraction of sp³-hybridized carbons (Fsp3) is 0.818. The van der Waals surface area contributed by atoms with Crippen LogP contribution in [0.5, 0.6) is 0 Å². The first kappa shape index (κ1) is 11.4. The molecule has 2 heterocycles. The molecule has 1 atom stereocenters. The number of likely N-dealkylation sites (N-methyl/N-ethyl adjacent to an activating group) is 1. The first-order valence-electron chi connectivity index (χ1n) is 5.93. The lowest BCUT2D eigenvalue weighted by Gasteiger charge is -2.35. The molecule has 1 unspecified atom stereocenters. The van der Waals surface area contributed by atoms with Gasteiger partial charge in [-0.3, -0.25) is 9.59 Å². The molecule has 0 spiro atoms. The third kappa shape index (κ3) is 2.35. The Bertz CT molecular complexity index is 287. The Kier molecular flexibility index (Phi) is 3.43. The number of amides is 2. The van der Waals surface area contributed by atoms with E-state index in [0.717, 1.165) is 26.1 Å². The van der Waals surface area contributed by atoms with Gasteiger partial charge in [-0.05, 0) is 31.8 Å². The van der Waals surface area contributed by atoms with Gasteiger partial charge in [0.25, 0.3) is 0 Å². The second kappa shape index (κ2) is 4.82. The van der Waals surface area contributed by atoms with E-state index in [1.54, 1.807) is 11.9 Å². The molecule has 2 rings (SSSR count). The van der Waals surface area contributed by atoms with E-state index in [0.29, 0.717) is 19.0 Å². The number of carbonyl (C=O) groups excluding carboxylic acids is 2. The molecule has 5 heteroatoms. The second-order valence-corrected chi connectivity index (χ2v) is 4.69. The van der Waals surface area contributed by atoms with Crippen molar-refractivity contribution in [1.82, 2.24) is 15.1 Å². The van der Waals surface area contributed by atoms with Crippen molar-refractivity contribution in [2.75, 3.05) is 39.8 Å². The maximum atomic E-state index is 11.7. The van der Waals surface area contributed by atoms with Gasteiger partial charge in [-0.25, -0.2) is 0 Å². The monoisotopic (exact) mass is 225 g/mol. The summed E-state index contributed by atoms with van der Waals surface area (Å²) in [5, 5.41) is 3.33. The summed E-state index contributed by atoms with van der Waals surface area (Å²) in [5.74, 6) is -0.191. The van der Waals surface area contributed by atoms with Crippen molar-refractivity contribution >= 4 is 11.8 Å². The predicted octanol–water partition coefficient (Wildman–Crippen LogP) is -0.713. The zero-order chi connectivity index (χ0) is 11.5. The van der Waals surface area contributed by atoms with E-state index >= 15 is 0 Å². The van der Waals surface area contributed by atoms with E-state index in [1.165, 1.54) is 11.3 Å². The molecule has 2 amide bonds. The molecule has 2 aliphatic rings. The number of hydrogen-bond acceptors (Lipinski definition) is 3. The lowest BCUT2D eigenvalue weighted by Crippen LogP contribution is -2.54. The van der Waals surface area contributed by atoms with Crippen molar-refractivity contribution in [2.24, 2.45) is 5.92 Å². The minimum Gasteiger partial charge on any atom is -0.336 e. The lowest BCUT2D eigenvalue weighted by molar-refractivity contribution is -0.155. The lowest BCUT2D eigenvalue weighted by atomic mass is 9.99. The van der Waals surface area contributed by atoms with Gasteiger partial charge in [0.15, 0.2) is 0 Å². The van der Waals surface area contributed by atoms with Gasteiger partial charge in [-0.1, -0.05) is 0 Å². The molecular weight excluding hydrogens is 206 g/mol. The number of hydrogen-bond donors (Lipinski definition) is 1. The van der Waals surface area contributed by atoms with E-state index in [1.807, 2.05) is 0 Å².